The lowest BCUT2D eigenvalue weighted by Crippen LogP contribution is -2.47. The predicted molar refractivity (Wildman–Crippen MR) is 110 cm³/mol. The lowest BCUT2D eigenvalue weighted by atomic mass is 9.99. The van der Waals surface area contributed by atoms with Crippen molar-refractivity contribution in [3.63, 3.8) is 0 Å². The summed E-state index contributed by atoms with van der Waals surface area (Å²) < 4.78 is 10.00. The molecule has 2 aromatic rings. The summed E-state index contributed by atoms with van der Waals surface area (Å²) in [4.78, 5) is 41.5. The van der Waals surface area contributed by atoms with Crippen molar-refractivity contribution >= 4 is 28.7 Å². The summed E-state index contributed by atoms with van der Waals surface area (Å²) >= 11 is 0. The van der Waals surface area contributed by atoms with Crippen molar-refractivity contribution in [2.75, 3.05) is 13.7 Å². The van der Waals surface area contributed by atoms with Gasteiger partial charge in [0.15, 0.2) is 6.61 Å². The molecular formula is C22H28N2O5. The van der Waals surface area contributed by atoms with Crippen LogP contribution in [0.15, 0.2) is 24.3 Å². The number of carbonyl (C=O) groups is 3. The van der Waals surface area contributed by atoms with Crippen LogP contribution in [-0.4, -0.2) is 42.6 Å². The Labute approximate surface area is 170 Å². The minimum Gasteiger partial charge on any atom is -0.467 e. The average Bonchev–Trinajstić information content (AvgIpc) is 2.74. The molecule has 0 aliphatic rings. The van der Waals surface area contributed by atoms with Crippen LogP contribution in [0.4, 0.5) is 0 Å². The molecule has 0 radical (unpaired) electrons. The van der Waals surface area contributed by atoms with Crippen LogP contribution in [0.25, 0.3) is 10.9 Å². The zero-order valence-corrected chi connectivity index (χ0v) is 17.6. The van der Waals surface area contributed by atoms with Crippen LogP contribution < -0.4 is 5.32 Å². The Morgan fingerprint density at radius 2 is 1.86 bits per heavy atom. The number of hydrogen-bond donors (Lipinski definition) is 1. The topological polar surface area (TPSA) is 94.6 Å². The van der Waals surface area contributed by atoms with Gasteiger partial charge in [-0.25, -0.2) is 9.59 Å². The van der Waals surface area contributed by atoms with Crippen molar-refractivity contribution in [1.29, 1.82) is 0 Å². The molecule has 1 amide bonds. The number of nitrogens with zero attached hydrogens (tertiary/aromatic N) is 1. The van der Waals surface area contributed by atoms with Gasteiger partial charge in [-0.15, -0.1) is 0 Å². The summed E-state index contributed by atoms with van der Waals surface area (Å²) in [6.45, 7) is 7.02. The van der Waals surface area contributed by atoms with E-state index in [0.717, 1.165) is 16.5 Å². The molecule has 1 N–H and O–H groups in total. The first-order valence-corrected chi connectivity index (χ1v) is 9.76. The number of para-hydroxylation sites is 1. The third-order valence-electron chi connectivity index (χ3n) is 5.09. The quantitative estimate of drug-likeness (QED) is 0.685. The van der Waals surface area contributed by atoms with E-state index >= 15 is 0 Å². The summed E-state index contributed by atoms with van der Waals surface area (Å²) in [5.74, 6) is -1.80. The Morgan fingerprint density at radius 3 is 2.48 bits per heavy atom. The fraction of sp³-hybridized carbons (Fsp3) is 0.455. The smallest absolute Gasteiger partial charge is 0.340 e. The van der Waals surface area contributed by atoms with Gasteiger partial charge in [0.25, 0.3) is 5.91 Å². The molecule has 2 atom stereocenters. The van der Waals surface area contributed by atoms with E-state index in [1.807, 2.05) is 52.0 Å². The predicted octanol–water partition coefficient (Wildman–Crippen LogP) is 2.97. The van der Waals surface area contributed by atoms with E-state index in [1.165, 1.54) is 7.11 Å². The number of methoxy groups -OCH3 is 1. The molecule has 0 aliphatic carbocycles. The Morgan fingerprint density at radius 1 is 1.17 bits per heavy atom. The molecule has 1 aromatic heterocycles. The number of hydrogen-bond acceptors (Lipinski definition) is 6. The average molecular weight is 400 g/mol. The maximum absolute atomic E-state index is 12.7. The van der Waals surface area contributed by atoms with E-state index in [2.05, 4.69) is 10.3 Å². The Hall–Kier alpha value is -2.96. The molecule has 2 unspecified atom stereocenters. The van der Waals surface area contributed by atoms with Gasteiger partial charge in [0.2, 0.25) is 0 Å². The van der Waals surface area contributed by atoms with Gasteiger partial charge < -0.3 is 14.8 Å². The second kappa shape index (κ2) is 10.0. The molecule has 1 heterocycles. The van der Waals surface area contributed by atoms with E-state index in [0.29, 0.717) is 24.1 Å². The number of benzene rings is 1. The van der Waals surface area contributed by atoms with Crippen molar-refractivity contribution in [2.24, 2.45) is 5.92 Å². The van der Waals surface area contributed by atoms with Gasteiger partial charge in [-0.2, -0.15) is 0 Å². The largest absolute Gasteiger partial charge is 0.467 e. The third-order valence-corrected chi connectivity index (χ3v) is 5.09. The molecule has 0 saturated heterocycles. The normalized spacial score (nSPS) is 12.9. The van der Waals surface area contributed by atoms with Gasteiger partial charge in [-0.1, -0.05) is 45.4 Å². The Bertz CT molecular complexity index is 909. The molecule has 2 rings (SSSR count). The number of aryl methyl sites for hydroxylation is 2. The van der Waals surface area contributed by atoms with E-state index in [1.54, 1.807) is 0 Å². The number of esters is 2. The van der Waals surface area contributed by atoms with Gasteiger partial charge in [-0.3, -0.25) is 9.78 Å². The summed E-state index contributed by atoms with van der Waals surface area (Å²) in [5, 5.41) is 3.46. The van der Waals surface area contributed by atoms with E-state index in [4.69, 9.17) is 9.47 Å². The highest BCUT2D eigenvalue weighted by atomic mass is 16.5. The van der Waals surface area contributed by atoms with Gasteiger partial charge in [-0.05, 0) is 30.9 Å². The lowest BCUT2D eigenvalue weighted by Gasteiger charge is -2.21. The number of rotatable bonds is 8. The SMILES string of the molecule is CCc1nc2ccccc2c(C)c1C(=O)OCC(=O)NC(C(=O)OC)C(C)CC. The molecule has 1 aromatic carbocycles. The number of amides is 1. The van der Waals surface area contributed by atoms with Crippen LogP contribution >= 0.6 is 0 Å². The molecule has 0 saturated carbocycles. The second-order valence-corrected chi connectivity index (χ2v) is 6.96. The fourth-order valence-corrected chi connectivity index (χ4v) is 3.18. The number of nitrogens with one attached hydrogen (secondary N) is 1. The maximum atomic E-state index is 12.7. The number of aromatic nitrogens is 1. The van der Waals surface area contributed by atoms with Crippen molar-refractivity contribution in [2.45, 2.75) is 46.6 Å². The lowest BCUT2D eigenvalue weighted by molar-refractivity contribution is -0.147. The van der Waals surface area contributed by atoms with Gasteiger partial charge in [0, 0.05) is 5.39 Å². The minimum absolute atomic E-state index is 0.110. The minimum atomic E-state index is -0.786. The molecule has 7 nitrogen and oxygen atoms in total. The van der Waals surface area contributed by atoms with Crippen molar-refractivity contribution in [3.8, 4) is 0 Å². The first-order valence-electron chi connectivity index (χ1n) is 9.76. The molecule has 0 bridgehead atoms. The zero-order valence-electron chi connectivity index (χ0n) is 17.6. The number of fused-ring (bicyclic) bond motifs is 1. The van der Waals surface area contributed by atoms with Crippen LogP contribution in [0.5, 0.6) is 0 Å². The van der Waals surface area contributed by atoms with Gasteiger partial charge in [0.05, 0.1) is 23.9 Å². The highest BCUT2D eigenvalue weighted by molar-refractivity contribution is 5.99. The van der Waals surface area contributed by atoms with Crippen molar-refractivity contribution < 1.29 is 23.9 Å². The monoisotopic (exact) mass is 400 g/mol. The Balaban J connectivity index is 2.15. The molecular weight excluding hydrogens is 372 g/mol. The van der Waals surface area contributed by atoms with E-state index < -0.39 is 30.5 Å². The fourth-order valence-electron chi connectivity index (χ4n) is 3.18. The summed E-state index contributed by atoms with van der Waals surface area (Å²) in [6, 6.07) is 6.78. The van der Waals surface area contributed by atoms with Crippen LogP contribution in [0.2, 0.25) is 0 Å². The molecule has 7 heteroatoms. The molecule has 29 heavy (non-hydrogen) atoms. The number of pyridine rings is 1. The van der Waals surface area contributed by atoms with Crippen LogP contribution in [0.3, 0.4) is 0 Å². The summed E-state index contributed by atoms with van der Waals surface area (Å²) in [6.07, 6.45) is 1.24. The molecule has 156 valence electrons. The molecule has 0 fully saturated rings. The van der Waals surface area contributed by atoms with E-state index in [9.17, 15) is 14.4 Å². The highest BCUT2D eigenvalue weighted by Gasteiger charge is 2.27. The standard InChI is InChI=1S/C22H28N2O5/c1-6-13(3)20(22(27)28-5)24-18(25)12-29-21(26)19-14(4)15-10-8-9-11-17(15)23-16(19)7-2/h8-11,13,20H,6-7,12H2,1-5H3,(H,24,25). The van der Waals surface area contributed by atoms with Crippen LogP contribution in [-0.2, 0) is 25.5 Å². The van der Waals surface area contributed by atoms with Crippen LogP contribution in [0, 0.1) is 12.8 Å². The van der Waals surface area contributed by atoms with Crippen LogP contribution in [0.1, 0.15) is 48.8 Å². The second-order valence-electron chi connectivity index (χ2n) is 6.96. The maximum Gasteiger partial charge on any atom is 0.340 e. The Kier molecular flexibility index (Phi) is 7.70. The highest BCUT2D eigenvalue weighted by Crippen LogP contribution is 2.24. The van der Waals surface area contributed by atoms with Gasteiger partial charge >= 0.3 is 11.9 Å². The van der Waals surface area contributed by atoms with Crippen molar-refractivity contribution in [3.05, 3.63) is 41.1 Å². The van der Waals surface area contributed by atoms with E-state index in [-0.39, 0.29) is 5.92 Å². The van der Waals surface area contributed by atoms with Crippen molar-refractivity contribution in [1.82, 2.24) is 10.3 Å². The zero-order chi connectivity index (χ0) is 21.6. The molecule has 0 aliphatic heterocycles. The summed E-state index contributed by atoms with van der Waals surface area (Å²) in [7, 11) is 1.27. The first kappa shape index (κ1) is 22.3. The van der Waals surface area contributed by atoms with Gasteiger partial charge in [0.1, 0.15) is 6.04 Å². The third kappa shape index (κ3) is 5.10. The number of ether oxygens (including phenoxy) is 2. The first-order chi connectivity index (χ1) is 13.8. The number of carbonyl (C=O) groups excluding carboxylic acids is 3. The summed E-state index contributed by atoms with van der Waals surface area (Å²) in [5.41, 5.74) is 2.58. The molecule has 0 spiro atoms.